The van der Waals surface area contributed by atoms with Crippen molar-refractivity contribution < 1.29 is 13.2 Å². The second-order valence-corrected chi connectivity index (χ2v) is 10.2. The fraction of sp³-hybridized carbons (Fsp3) is 0.667. The highest BCUT2D eigenvalue weighted by atomic mass is 32.2. The molecule has 2 atom stereocenters. The summed E-state index contributed by atoms with van der Waals surface area (Å²) in [6.45, 7) is 4.50. The van der Waals surface area contributed by atoms with Crippen LogP contribution in [0.2, 0.25) is 0 Å². The molecule has 1 amide bonds. The Morgan fingerprint density at radius 1 is 1.25 bits per heavy atom. The van der Waals surface area contributed by atoms with Gasteiger partial charge in [-0.15, -0.1) is 0 Å². The average molecular weight is 408 g/mol. The van der Waals surface area contributed by atoms with Crippen LogP contribution in [0.15, 0.2) is 30.3 Å². The molecule has 0 spiro atoms. The first-order valence-corrected chi connectivity index (χ1v) is 12.0. The number of fused-ring (bicyclic) bond motifs is 1. The molecule has 0 radical (unpaired) electrons. The van der Waals surface area contributed by atoms with Gasteiger partial charge in [0.25, 0.3) is 0 Å². The van der Waals surface area contributed by atoms with E-state index in [0.717, 1.165) is 38.8 Å². The lowest BCUT2D eigenvalue weighted by molar-refractivity contribution is -0.137. The highest BCUT2D eigenvalue weighted by Gasteiger charge is 2.54. The van der Waals surface area contributed by atoms with E-state index in [0.29, 0.717) is 19.5 Å². The summed E-state index contributed by atoms with van der Waals surface area (Å²) in [7, 11) is -1.19. The van der Waals surface area contributed by atoms with Gasteiger partial charge in [0.1, 0.15) is 0 Å². The molecule has 0 unspecified atom stereocenters. The first-order valence-electron chi connectivity index (χ1n) is 10.4. The Kier molecular flexibility index (Phi) is 6.78. The van der Waals surface area contributed by atoms with Gasteiger partial charge in [-0.3, -0.25) is 4.79 Å². The van der Waals surface area contributed by atoms with Crippen LogP contribution >= 0.6 is 0 Å². The highest BCUT2D eigenvalue weighted by molar-refractivity contribution is 7.89. The van der Waals surface area contributed by atoms with Gasteiger partial charge in [-0.2, -0.15) is 4.31 Å². The van der Waals surface area contributed by atoms with E-state index in [1.54, 1.807) is 4.31 Å². The van der Waals surface area contributed by atoms with Crippen LogP contribution in [0.5, 0.6) is 0 Å². The number of likely N-dealkylation sites (N-methyl/N-ethyl adjacent to an activating group) is 1. The lowest BCUT2D eigenvalue weighted by Crippen LogP contribution is -2.62. The number of amides is 1. The maximum absolute atomic E-state index is 13.2. The minimum atomic E-state index is -3.24. The standard InChI is InChI=1S/C21H33N3O3S/c1-3-24-19-11-7-8-12-21(19,13-16-28(24,26)27)20(25)22-14-15-23(2)17-18-9-5-4-6-10-18/h4-6,9-10,19H,3,7-8,11-17H2,1-2H3,(H,22,25)/t19-,21-/m1/s1. The Balaban J connectivity index is 1.60. The SMILES string of the molecule is CCN1[C@@H]2CCCC[C@@]2(C(=O)NCCN(C)Cc2ccccc2)CCS1(=O)=O. The number of sulfonamides is 1. The summed E-state index contributed by atoms with van der Waals surface area (Å²) in [6, 6.07) is 10.1. The summed E-state index contributed by atoms with van der Waals surface area (Å²) in [5.74, 6) is 0.122. The molecule has 156 valence electrons. The highest BCUT2D eigenvalue weighted by Crippen LogP contribution is 2.46. The van der Waals surface area contributed by atoms with Crippen LogP contribution < -0.4 is 5.32 Å². The Labute approximate surface area is 169 Å². The van der Waals surface area contributed by atoms with Gasteiger partial charge in [0.05, 0.1) is 11.2 Å². The normalized spacial score (nSPS) is 27.3. The van der Waals surface area contributed by atoms with E-state index in [1.807, 2.05) is 32.2 Å². The zero-order valence-electron chi connectivity index (χ0n) is 17.1. The number of rotatable bonds is 7. The maximum atomic E-state index is 13.2. The predicted molar refractivity (Wildman–Crippen MR) is 111 cm³/mol. The molecule has 0 bridgehead atoms. The third-order valence-electron chi connectivity index (χ3n) is 6.34. The Hall–Kier alpha value is -1.44. The molecule has 1 heterocycles. The minimum absolute atomic E-state index is 0.0404. The molecule has 1 N–H and O–H groups in total. The molecule has 1 aromatic carbocycles. The Bertz CT molecular complexity index is 768. The van der Waals surface area contributed by atoms with Crippen LogP contribution in [0.1, 0.15) is 44.6 Å². The van der Waals surface area contributed by atoms with Crippen molar-refractivity contribution in [2.75, 3.05) is 32.4 Å². The Morgan fingerprint density at radius 2 is 2.00 bits per heavy atom. The van der Waals surface area contributed by atoms with Gasteiger partial charge in [0.15, 0.2) is 0 Å². The van der Waals surface area contributed by atoms with E-state index in [2.05, 4.69) is 22.3 Å². The predicted octanol–water partition coefficient (Wildman–Crippen LogP) is 2.22. The monoisotopic (exact) mass is 407 g/mol. The number of hydrogen-bond donors (Lipinski definition) is 1. The van der Waals surface area contributed by atoms with Crippen LogP contribution in [0.25, 0.3) is 0 Å². The van der Waals surface area contributed by atoms with Gasteiger partial charge in [-0.05, 0) is 31.9 Å². The van der Waals surface area contributed by atoms with E-state index >= 15 is 0 Å². The molecule has 1 aliphatic heterocycles. The molecule has 1 saturated carbocycles. The van der Waals surface area contributed by atoms with Crippen molar-refractivity contribution in [3.63, 3.8) is 0 Å². The van der Waals surface area contributed by atoms with E-state index in [9.17, 15) is 13.2 Å². The fourth-order valence-electron chi connectivity index (χ4n) is 4.86. The van der Waals surface area contributed by atoms with Gasteiger partial charge >= 0.3 is 0 Å². The molecule has 6 nitrogen and oxygen atoms in total. The molecular formula is C21H33N3O3S. The lowest BCUT2D eigenvalue weighted by atomic mass is 9.67. The van der Waals surface area contributed by atoms with Gasteiger partial charge in [-0.25, -0.2) is 8.42 Å². The smallest absolute Gasteiger partial charge is 0.227 e. The number of carbonyl (C=O) groups excluding carboxylic acids is 1. The average Bonchev–Trinajstić information content (AvgIpc) is 2.68. The van der Waals surface area contributed by atoms with E-state index in [1.165, 1.54) is 5.56 Å². The van der Waals surface area contributed by atoms with Crippen LogP contribution in [0.3, 0.4) is 0 Å². The second kappa shape index (κ2) is 8.93. The van der Waals surface area contributed by atoms with Crippen molar-refractivity contribution in [1.82, 2.24) is 14.5 Å². The van der Waals surface area contributed by atoms with Crippen molar-refractivity contribution in [2.24, 2.45) is 5.41 Å². The lowest BCUT2D eigenvalue weighted by Gasteiger charge is -2.50. The van der Waals surface area contributed by atoms with Crippen molar-refractivity contribution in [2.45, 2.75) is 51.6 Å². The molecule has 0 aromatic heterocycles. The number of nitrogens with one attached hydrogen (secondary N) is 1. The van der Waals surface area contributed by atoms with E-state index < -0.39 is 15.4 Å². The quantitative estimate of drug-likeness (QED) is 0.752. The summed E-state index contributed by atoms with van der Waals surface area (Å²) < 4.78 is 26.6. The van der Waals surface area contributed by atoms with E-state index in [-0.39, 0.29) is 17.7 Å². The summed E-state index contributed by atoms with van der Waals surface area (Å²) in [5.41, 5.74) is 0.691. The molecule has 2 fully saturated rings. The molecule has 2 aliphatic rings. The van der Waals surface area contributed by atoms with Crippen molar-refractivity contribution >= 4 is 15.9 Å². The second-order valence-electron chi connectivity index (χ2n) is 8.17. The summed E-state index contributed by atoms with van der Waals surface area (Å²) in [6.07, 6.45) is 4.01. The van der Waals surface area contributed by atoms with Crippen LogP contribution in [-0.4, -0.2) is 62.0 Å². The van der Waals surface area contributed by atoms with Crippen LogP contribution in [-0.2, 0) is 21.4 Å². The van der Waals surface area contributed by atoms with Crippen molar-refractivity contribution in [3.05, 3.63) is 35.9 Å². The summed E-state index contributed by atoms with van der Waals surface area (Å²) in [5, 5.41) is 3.13. The van der Waals surface area contributed by atoms with E-state index in [4.69, 9.17) is 0 Å². The largest absolute Gasteiger partial charge is 0.354 e. The van der Waals surface area contributed by atoms with Gasteiger partial charge in [-0.1, -0.05) is 50.1 Å². The molecule has 3 rings (SSSR count). The molecule has 28 heavy (non-hydrogen) atoms. The zero-order chi connectivity index (χ0) is 20.2. The maximum Gasteiger partial charge on any atom is 0.227 e. The molecule has 1 saturated heterocycles. The van der Waals surface area contributed by atoms with Gasteiger partial charge in [0.2, 0.25) is 15.9 Å². The van der Waals surface area contributed by atoms with Crippen LogP contribution in [0.4, 0.5) is 0 Å². The number of hydrogen-bond acceptors (Lipinski definition) is 4. The number of benzene rings is 1. The van der Waals surface area contributed by atoms with Crippen molar-refractivity contribution in [3.8, 4) is 0 Å². The summed E-state index contributed by atoms with van der Waals surface area (Å²) in [4.78, 5) is 15.4. The zero-order valence-corrected chi connectivity index (χ0v) is 17.9. The molecular weight excluding hydrogens is 374 g/mol. The van der Waals surface area contributed by atoms with Crippen LogP contribution in [0, 0.1) is 5.41 Å². The molecule has 1 aliphatic carbocycles. The van der Waals surface area contributed by atoms with Crippen molar-refractivity contribution in [1.29, 1.82) is 0 Å². The Morgan fingerprint density at radius 3 is 2.71 bits per heavy atom. The molecule has 1 aromatic rings. The fourth-order valence-corrected chi connectivity index (χ4v) is 6.81. The topological polar surface area (TPSA) is 69.7 Å². The number of carbonyl (C=O) groups is 1. The number of nitrogens with zero attached hydrogens (tertiary/aromatic N) is 2. The third kappa shape index (κ3) is 4.42. The first-order chi connectivity index (χ1) is 13.4. The first kappa shape index (κ1) is 21.3. The molecule has 7 heteroatoms. The van der Waals surface area contributed by atoms with Gasteiger partial charge < -0.3 is 10.2 Å². The third-order valence-corrected chi connectivity index (χ3v) is 8.28. The van der Waals surface area contributed by atoms with Gasteiger partial charge in [0, 0.05) is 32.2 Å². The summed E-state index contributed by atoms with van der Waals surface area (Å²) >= 11 is 0. The minimum Gasteiger partial charge on any atom is -0.354 e.